The van der Waals surface area contributed by atoms with Crippen LogP contribution in [0.1, 0.15) is 32.8 Å². The van der Waals surface area contributed by atoms with Crippen LogP contribution in [0.25, 0.3) is 0 Å². The largest absolute Gasteiger partial charge is 0.409 e. The maximum absolute atomic E-state index is 8.81. The summed E-state index contributed by atoms with van der Waals surface area (Å²) in [5.41, 5.74) is 7.49. The maximum atomic E-state index is 8.81. The van der Waals surface area contributed by atoms with Crippen molar-refractivity contribution in [1.82, 2.24) is 0 Å². The highest BCUT2D eigenvalue weighted by molar-refractivity contribution is 6.02. The maximum Gasteiger partial charge on any atom is 0.172 e. The summed E-state index contributed by atoms with van der Waals surface area (Å²) in [6, 6.07) is 8.11. The second kappa shape index (κ2) is 6.13. The van der Waals surface area contributed by atoms with Gasteiger partial charge in [0.25, 0.3) is 0 Å². The molecule has 0 unspecified atom stereocenters. The summed E-state index contributed by atoms with van der Waals surface area (Å²) in [6.45, 7) is 7.37. The van der Waals surface area contributed by atoms with E-state index in [9.17, 15) is 0 Å². The Bertz CT molecular complexity index is 388. The van der Waals surface area contributed by atoms with Crippen LogP contribution in [0.3, 0.4) is 0 Å². The second-order valence-corrected chi connectivity index (χ2v) is 4.29. The number of para-hydroxylation sites is 1. The van der Waals surface area contributed by atoms with Gasteiger partial charge in [0.2, 0.25) is 0 Å². The van der Waals surface area contributed by atoms with Crippen molar-refractivity contribution in [3.8, 4) is 0 Å². The van der Waals surface area contributed by atoms with Crippen LogP contribution in [0.2, 0.25) is 0 Å². The van der Waals surface area contributed by atoms with E-state index in [4.69, 9.17) is 10.9 Å². The topological polar surface area (TPSA) is 61.8 Å². The Morgan fingerprint density at radius 1 is 1.41 bits per heavy atom. The lowest BCUT2D eigenvalue weighted by Gasteiger charge is -2.30. The van der Waals surface area contributed by atoms with Crippen molar-refractivity contribution in [1.29, 1.82) is 0 Å². The molecule has 0 fully saturated rings. The third-order valence-corrected chi connectivity index (χ3v) is 2.69. The first-order valence-corrected chi connectivity index (χ1v) is 5.95. The number of anilines is 1. The molecule has 1 rings (SSSR count). The summed E-state index contributed by atoms with van der Waals surface area (Å²) in [4.78, 5) is 2.26. The van der Waals surface area contributed by atoms with Crippen LogP contribution >= 0.6 is 0 Å². The van der Waals surface area contributed by atoms with E-state index in [0.717, 1.165) is 24.2 Å². The number of amidine groups is 1. The second-order valence-electron chi connectivity index (χ2n) is 4.29. The number of rotatable bonds is 5. The summed E-state index contributed by atoms with van der Waals surface area (Å²) < 4.78 is 0. The molecule has 1 aromatic rings. The zero-order valence-electron chi connectivity index (χ0n) is 10.7. The molecule has 0 aliphatic carbocycles. The minimum Gasteiger partial charge on any atom is -0.409 e. The zero-order valence-corrected chi connectivity index (χ0v) is 10.7. The molecule has 0 atom stereocenters. The van der Waals surface area contributed by atoms with Gasteiger partial charge in [-0.15, -0.1) is 0 Å². The monoisotopic (exact) mass is 235 g/mol. The summed E-state index contributed by atoms with van der Waals surface area (Å²) in [7, 11) is 0. The highest BCUT2D eigenvalue weighted by Crippen LogP contribution is 2.22. The first kappa shape index (κ1) is 13.4. The molecule has 0 amide bonds. The number of oxime groups is 1. The summed E-state index contributed by atoms with van der Waals surface area (Å²) >= 11 is 0. The van der Waals surface area contributed by atoms with Crippen molar-refractivity contribution in [2.24, 2.45) is 10.9 Å². The van der Waals surface area contributed by atoms with Crippen LogP contribution in [-0.4, -0.2) is 23.6 Å². The predicted octanol–water partition coefficient (Wildman–Crippen LogP) is 2.41. The van der Waals surface area contributed by atoms with Crippen LogP contribution in [0.4, 0.5) is 5.69 Å². The fraction of sp³-hybridized carbons (Fsp3) is 0.462. The zero-order chi connectivity index (χ0) is 12.8. The lowest BCUT2D eigenvalue weighted by Crippen LogP contribution is -2.33. The third kappa shape index (κ3) is 3.12. The van der Waals surface area contributed by atoms with E-state index in [-0.39, 0.29) is 5.84 Å². The smallest absolute Gasteiger partial charge is 0.172 e. The Morgan fingerprint density at radius 2 is 2.06 bits per heavy atom. The first-order chi connectivity index (χ1) is 8.11. The Kier molecular flexibility index (Phi) is 4.82. The van der Waals surface area contributed by atoms with Gasteiger partial charge in [-0.3, -0.25) is 0 Å². The minimum absolute atomic E-state index is 0.155. The number of benzene rings is 1. The average molecular weight is 235 g/mol. The van der Waals surface area contributed by atoms with E-state index >= 15 is 0 Å². The van der Waals surface area contributed by atoms with Crippen molar-refractivity contribution in [3.05, 3.63) is 29.8 Å². The number of hydrogen-bond acceptors (Lipinski definition) is 3. The van der Waals surface area contributed by atoms with Gasteiger partial charge < -0.3 is 15.8 Å². The van der Waals surface area contributed by atoms with Gasteiger partial charge in [-0.25, -0.2) is 0 Å². The van der Waals surface area contributed by atoms with E-state index in [2.05, 4.69) is 30.8 Å². The van der Waals surface area contributed by atoms with Gasteiger partial charge in [-0.1, -0.05) is 24.2 Å². The van der Waals surface area contributed by atoms with E-state index in [1.165, 1.54) is 0 Å². The molecule has 3 N–H and O–H groups in total. The normalized spacial score (nSPS) is 11.9. The van der Waals surface area contributed by atoms with Crippen molar-refractivity contribution in [2.45, 2.75) is 33.2 Å². The highest BCUT2D eigenvalue weighted by Gasteiger charge is 2.15. The fourth-order valence-corrected chi connectivity index (χ4v) is 1.89. The Morgan fingerprint density at radius 3 is 2.59 bits per heavy atom. The molecule has 4 heteroatoms. The summed E-state index contributed by atoms with van der Waals surface area (Å²) in [5.74, 6) is 0.155. The summed E-state index contributed by atoms with van der Waals surface area (Å²) in [5, 5.41) is 11.9. The molecule has 0 bridgehead atoms. The lowest BCUT2D eigenvalue weighted by molar-refractivity contribution is 0.318. The average Bonchev–Trinajstić information content (AvgIpc) is 2.34. The van der Waals surface area contributed by atoms with E-state index in [1.807, 2.05) is 24.3 Å². The molecule has 0 saturated heterocycles. The van der Waals surface area contributed by atoms with Gasteiger partial charge >= 0.3 is 0 Å². The van der Waals surface area contributed by atoms with Crippen LogP contribution in [-0.2, 0) is 0 Å². The number of hydrogen-bond donors (Lipinski definition) is 2. The van der Waals surface area contributed by atoms with Gasteiger partial charge in [0.05, 0.1) is 0 Å². The molecule has 0 aliphatic heterocycles. The summed E-state index contributed by atoms with van der Waals surface area (Å²) in [6.07, 6.45) is 1.06. The predicted molar refractivity (Wildman–Crippen MR) is 71.7 cm³/mol. The van der Waals surface area contributed by atoms with Gasteiger partial charge in [-0.2, -0.15) is 0 Å². The number of nitrogens with two attached hydrogens (primary N) is 1. The minimum atomic E-state index is 0.155. The van der Waals surface area contributed by atoms with Crippen molar-refractivity contribution < 1.29 is 5.21 Å². The lowest BCUT2D eigenvalue weighted by atomic mass is 10.1. The quantitative estimate of drug-likeness (QED) is 0.356. The molecule has 1 aromatic carbocycles. The molecule has 0 spiro atoms. The molecule has 0 heterocycles. The fourth-order valence-electron chi connectivity index (χ4n) is 1.89. The molecule has 0 saturated carbocycles. The van der Waals surface area contributed by atoms with Gasteiger partial charge in [0, 0.05) is 23.8 Å². The molecule has 0 aromatic heterocycles. The van der Waals surface area contributed by atoms with Crippen molar-refractivity contribution >= 4 is 11.5 Å². The van der Waals surface area contributed by atoms with E-state index in [1.54, 1.807) is 0 Å². The first-order valence-electron chi connectivity index (χ1n) is 5.95. The Balaban J connectivity index is 3.18. The highest BCUT2D eigenvalue weighted by atomic mass is 16.4. The molecule has 17 heavy (non-hydrogen) atoms. The van der Waals surface area contributed by atoms with Gasteiger partial charge in [0.1, 0.15) is 0 Å². The SMILES string of the molecule is CCCN(c1ccccc1/C(N)=N/O)C(C)C. The van der Waals surface area contributed by atoms with E-state index < -0.39 is 0 Å². The molecular weight excluding hydrogens is 214 g/mol. The van der Waals surface area contributed by atoms with Crippen molar-refractivity contribution in [2.75, 3.05) is 11.4 Å². The molecule has 94 valence electrons. The van der Waals surface area contributed by atoms with Crippen LogP contribution in [0, 0.1) is 0 Å². The van der Waals surface area contributed by atoms with E-state index in [0.29, 0.717) is 6.04 Å². The molecular formula is C13H21N3O. The van der Waals surface area contributed by atoms with Crippen LogP contribution in [0.15, 0.2) is 29.4 Å². The number of nitrogens with zero attached hydrogens (tertiary/aromatic N) is 2. The standard InChI is InChI=1S/C13H21N3O/c1-4-9-16(10(2)3)12-8-6-5-7-11(12)13(14)15-17/h5-8,10,17H,4,9H2,1-3H3,(H2,14,15). The third-order valence-electron chi connectivity index (χ3n) is 2.69. The molecule has 0 radical (unpaired) electrons. The van der Waals surface area contributed by atoms with Gasteiger partial charge in [-0.05, 0) is 32.4 Å². The van der Waals surface area contributed by atoms with Crippen molar-refractivity contribution in [3.63, 3.8) is 0 Å². The Hall–Kier alpha value is -1.71. The van der Waals surface area contributed by atoms with Crippen LogP contribution < -0.4 is 10.6 Å². The molecule has 4 nitrogen and oxygen atoms in total. The Labute approximate surface area is 103 Å². The molecule has 0 aliphatic rings. The van der Waals surface area contributed by atoms with Crippen LogP contribution in [0.5, 0.6) is 0 Å². The van der Waals surface area contributed by atoms with Gasteiger partial charge in [0.15, 0.2) is 5.84 Å².